The van der Waals surface area contributed by atoms with Gasteiger partial charge < -0.3 is 5.32 Å². The lowest BCUT2D eigenvalue weighted by Gasteiger charge is -2.23. The molecule has 1 N–H and O–H groups in total. The summed E-state index contributed by atoms with van der Waals surface area (Å²) in [5.41, 5.74) is -1.14. The first kappa shape index (κ1) is 20.0. The Kier molecular flexibility index (Phi) is 6.01. The van der Waals surface area contributed by atoms with Crippen LogP contribution in [-0.4, -0.2) is 37.0 Å². The lowest BCUT2D eigenvalue weighted by molar-refractivity contribution is -0.137. The average Bonchev–Trinajstić information content (AvgIpc) is 2.98. The zero-order chi connectivity index (χ0) is 18.8. The van der Waals surface area contributed by atoms with Crippen LogP contribution in [0.4, 0.5) is 18.9 Å². The van der Waals surface area contributed by atoms with Crippen LogP contribution in [0.1, 0.15) is 31.7 Å². The summed E-state index contributed by atoms with van der Waals surface area (Å²) in [7, 11) is -3.56. The monoisotopic (exact) mass is 398 g/mol. The van der Waals surface area contributed by atoms with Gasteiger partial charge in [0.15, 0.2) is 0 Å². The van der Waals surface area contributed by atoms with Crippen LogP contribution in [0.2, 0.25) is 5.02 Å². The highest BCUT2D eigenvalue weighted by molar-refractivity contribution is 7.89. The van der Waals surface area contributed by atoms with Crippen LogP contribution < -0.4 is 5.32 Å². The number of alkyl halides is 3. The number of nitrogens with zero attached hydrogens (tertiary/aromatic N) is 1. The summed E-state index contributed by atoms with van der Waals surface area (Å²) in [5, 5.41) is 1.89. The van der Waals surface area contributed by atoms with Crippen LogP contribution in [0.25, 0.3) is 0 Å². The van der Waals surface area contributed by atoms with Crippen molar-refractivity contribution in [1.29, 1.82) is 0 Å². The minimum atomic E-state index is -4.65. The minimum Gasteiger partial charge on any atom is -0.325 e. The number of halogens is 4. The van der Waals surface area contributed by atoms with E-state index in [9.17, 15) is 26.4 Å². The number of amides is 1. The highest BCUT2D eigenvalue weighted by Gasteiger charge is 2.38. The van der Waals surface area contributed by atoms with E-state index in [1.807, 2.05) is 0 Å². The van der Waals surface area contributed by atoms with Gasteiger partial charge in [-0.3, -0.25) is 4.79 Å². The molecule has 1 amide bonds. The van der Waals surface area contributed by atoms with Crippen LogP contribution >= 0.6 is 11.6 Å². The van der Waals surface area contributed by atoms with Crippen molar-refractivity contribution in [2.24, 2.45) is 0 Å². The van der Waals surface area contributed by atoms with Gasteiger partial charge in [0.2, 0.25) is 15.9 Å². The molecule has 0 aliphatic carbocycles. The molecular formula is C15H18ClF3N2O3S. The lowest BCUT2D eigenvalue weighted by atomic mass is 10.1. The maximum absolute atomic E-state index is 12.9. The number of sulfonamides is 1. The molecule has 0 radical (unpaired) electrons. The van der Waals surface area contributed by atoms with E-state index in [4.69, 9.17) is 11.6 Å². The van der Waals surface area contributed by atoms with Crippen molar-refractivity contribution in [2.75, 3.05) is 17.6 Å². The molecule has 0 aromatic heterocycles. The minimum absolute atomic E-state index is 0.0735. The van der Waals surface area contributed by atoms with Gasteiger partial charge in [-0.15, -0.1) is 0 Å². The van der Waals surface area contributed by atoms with Gasteiger partial charge in [0.25, 0.3) is 0 Å². The molecule has 140 valence electrons. The van der Waals surface area contributed by atoms with E-state index in [1.165, 1.54) is 6.07 Å². The van der Waals surface area contributed by atoms with E-state index in [-0.39, 0.29) is 18.0 Å². The SMILES string of the molecule is CCCS(=O)(=O)N1CCC[C@H]1C(=O)Nc1ccc(Cl)c(C(F)(F)F)c1. The van der Waals surface area contributed by atoms with Crippen molar-refractivity contribution in [3.63, 3.8) is 0 Å². The molecule has 0 spiro atoms. The Hall–Kier alpha value is -1.32. The number of nitrogens with one attached hydrogen (secondary N) is 1. The van der Waals surface area contributed by atoms with Crippen molar-refractivity contribution < 1.29 is 26.4 Å². The zero-order valence-electron chi connectivity index (χ0n) is 13.4. The van der Waals surface area contributed by atoms with Crippen LogP contribution in [0.15, 0.2) is 18.2 Å². The van der Waals surface area contributed by atoms with Crippen molar-refractivity contribution in [3.05, 3.63) is 28.8 Å². The quantitative estimate of drug-likeness (QED) is 0.825. The molecule has 0 saturated carbocycles. The highest BCUT2D eigenvalue weighted by atomic mass is 35.5. The fraction of sp³-hybridized carbons (Fsp3) is 0.533. The van der Waals surface area contributed by atoms with E-state index in [2.05, 4.69) is 5.32 Å². The van der Waals surface area contributed by atoms with Gasteiger partial charge in [0.1, 0.15) is 6.04 Å². The zero-order valence-corrected chi connectivity index (χ0v) is 15.0. The number of benzene rings is 1. The first-order chi connectivity index (χ1) is 11.6. The van der Waals surface area contributed by atoms with Crippen molar-refractivity contribution in [3.8, 4) is 0 Å². The first-order valence-corrected chi connectivity index (χ1v) is 9.72. The van der Waals surface area contributed by atoms with Crippen molar-refractivity contribution in [1.82, 2.24) is 4.31 Å². The van der Waals surface area contributed by atoms with Gasteiger partial charge in [0.05, 0.1) is 16.3 Å². The predicted octanol–water partition coefficient (Wildman–Crippen LogP) is 3.50. The Labute approximate surface area is 149 Å². The normalized spacial score (nSPS) is 19.2. The van der Waals surface area contributed by atoms with Crippen LogP contribution in [0.5, 0.6) is 0 Å². The maximum atomic E-state index is 12.9. The second-order valence-corrected chi connectivity index (χ2v) is 8.21. The summed E-state index contributed by atoms with van der Waals surface area (Å²) < 4.78 is 64.2. The van der Waals surface area contributed by atoms with Crippen LogP contribution in [0.3, 0.4) is 0 Å². The standard InChI is InChI=1S/C15H18ClF3N2O3S/c1-2-8-25(23,24)21-7-3-4-13(21)14(22)20-10-5-6-12(16)11(9-10)15(17,18)19/h5-6,9,13H,2-4,7-8H2,1H3,(H,20,22)/t13-/m0/s1. The molecule has 1 aliphatic heterocycles. The number of hydrogen-bond acceptors (Lipinski definition) is 3. The van der Waals surface area contributed by atoms with Crippen molar-refractivity contribution >= 4 is 33.2 Å². The molecular weight excluding hydrogens is 381 g/mol. The molecule has 5 nitrogen and oxygen atoms in total. The Morgan fingerprint density at radius 2 is 2.08 bits per heavy atom. The topological polar surface area (TPSA) is 66.5 Å². The van der Waals surface area contributed by atoms with E-state index in [0.29, 0.717) is 19.3 Å². The van der Waals surface area contributed by atoms with Gasteiger partial charge in [-0.05, 0) is 37.5 Å². The van der Waals surface area contributed by atoms with E-state index >= 15 is 0 Å². The first-order valence-electron chi connectivity index (χ1n) is 7.73. The summed E-state index contributed by atoms with van der Waals surface area (Å²) in [4.78, 5) is 12.4. The maximum Gasteiger partial charge on any atom is 0.417 e. The largest absolute Gasteiger partial charge is 0.417 e. The molecule has 10 heteroatoms. The number of anilines is 1. The Morgan fingerprint density at radius 3 is 2.68 bits per heavy atom. The molecule has 0 unspecified atom stereocenters. The van der Waals surface area contributed by atoms with E-state index < -0.39 is 38.7 Å². The smallest absolute Gasteiger partial charge is 0.325 e. The summed E-state index contributed by atoms with van der Waals surface area (Å²) >= 11 is 5.54. The van der Waals surface area contributed by atoms with E-state index in [0.717, 1.165) is 16.4 Å². The van der Waals surface area contributed by atoms with Gasteiger partial charge in [0, 0.05) is 12.2 Å². The summed E-state index contributed by atoms with van der Waals surface area (Å²) in [6, 6.07) is 2.11. The van der Waals surface area contributed by atoms with Gasteiger partial charge in [-0.2, -0.15) is 17.5 Å². The molecule has 1 atom stereocenters. The summed E-state index contributed by atoms with van der Waals surface area (Å²) in [6.45, 7) is 1.95. The molecule has 1 saturated heterocycles. The number of carbonyl (C=O) groups is 1. The third kappa shape index (κ3) is 4.65. The molecule has 1 aromatic rings. The van der Waals surface area contributed by atoms with Gasteiger partial charge in [-0.25, -0.2) is 8.42 Å². The Morgan fingerprint density at radius 1 is 1.40 bits per heavy atom. The summed E-state index contributed by atoms with van der Waals surface area (Å²) in [6.07, 6.45) is -3.38. The van der Waals surface area contributed by atoms with E-state index in [1.54, 1.807) is 6.92 Å². The van der Waals surface area contributed by atoms with Crippen molar-refractivity contribution in [2.45, 2.75) is 38.4 Å². The van der Waals surface area contributed by atoms with Crippen LogP contribution in [-0.2, 0) is 21.0 Å². The van der Waals surface area contributed by atoms with Gasteiger partial charge in [-0.1, -0.05) is 18.5 Å². The molecule has 1 aromatic carbocycles. The van der Waals surface area contributed by atoms with Gasteiger partial charge >= 0.3 is 6.18 Å². The predicted molar refractivity (Wildman–Crippen MR) is 88.9 cm³/mol. The fourth-order valence-electron chi connectivity index (χ4n) is 2.76. The Bertz CT molecular complexity index is 753. The molecule has 25 heavy (non-hydrogen) atoms. The summed E-state index contributed by atoms with van der Waals surface area (Å²) in [5.74, 6) is -0.719. The third-order valence-corrected chi connectivity index (χ3v) is 6.27. The third-order valence-electron chi connectivity index (χ3n) is 3.87. The number of rotatable bonds is 5. The molecule has 1 fully saturated rings. The lowest BCUT2D eigenvalue weighted by Crippen LogP contribution is -2.44. The Balaban J connectivity index is 2.19. The number of carbonyl (C=O) groups excluding carboxylic acids is 1. The highest BCUT2D eigenvalue weighted by Crippen LogP contribution is 2.36. The molecule has 1 heterocycles. The second kappa shape index (κ2) is 7.51. The fourth-order valence-corrected chi connectivity index (χ4v) is 4.73. The number of hydrogen-bond donors (Lipinski definition) is 1. The molecule has 2 rings (SSSR count). The average molecular weight is 399 g/mol. The molecule has 0 bridgehead atoms. The molecule has 1 aliphatic rings. The second-order valence-electron chi connectivity index (χ2n) is 5.77. The van der Waals surface area contributed by atoms with Crippen LogP contribution in [0, 0.1) is 0 Å².